The molecule has 0 aliphatic heterocycles. The molecule has 2 aromatic rings. The molecule has 34 heavy (non-hydrogen) atoms. The van der Waals surface area contributed by atoms with Crippen molar-refractivity contribution >= 4 is 18.0 Å². The van der Waals surface area contributed by atoms with Gasteiger partial charge in [-0.1, -0.05) is 48.5 Å². The first-order chi connectivity index (χ1) is 16.2. The van der Waals surface area contributed by atoms with Crippen molar-refractivity contribution in [2.45, 2.75) is 31.2 Å². The molecule has 1 atom stereocenters. The first-order valence-corrected chi connectivity index (χ1v) is 10.5. The number of halogens is 3. The lowest BCUT2D eigenvalue weighted by atomic mass is 9.98. The highest BCUT2D eigenvalue weighted by Crippen LogP contribution is 2.44. The lowest BCUT2D eigenvalue weighted by Gasteiger charge is -2.19. The third-order valence-electron chi connectivity index (χ3n) is 5.27. The van der Waals surface area contributed by atoms with Gasteiger partial charge in [0, 0.05) is 18.9 Å². The molecule has 11 heteroatoms. The van der Waals surface area contributed by atoms with Gasteiger partial charge in [-0.2, -0.15) is 0 Å². The molecule has 0 spiro atoms. The number of carbonyl (C=O) groups excluding carboxylic acids is 2. The summed E-state index contributed by atoms with van der Waals surface area (Å²) in [6, 6.07) is 14.1. The molecule has 0 saturated heterocycles. The molecular weight excluding hydrogens is 457 g/mol. The molecule has 1 aliphatic carbocycles. The zero-order chi connectivity index (χ0) is 24.7. The van der Waals surface area contributed by atoms with Gasteiger partial charge in [-0.25, -0.2) is 4.79 Å². The van der Waals surface area contributed by atoms with Crippen LogP contribution in [0.4, 0.5) is 18.0 Å². The minimum atomic E-state index is -4.84. The number of ether oxygens (including phenoxy) is 2. The third-order valence-corrected chi connectivity index (χ3v) is 5.27. The molecule has 3 rings (SSSR count). The van der Waals surface area contributed by atoms with Gasteiger partial charge in [-0.3, -0.25) is 14.3 Å². The molecule has 8 nitrogen and oxygen atoms in total. The normalized spacial score (nSPS) is 13.5. The lowest BCUT2D eigenvalue weighted by Crippen LogP contribution is -2.48. The lowest BCUT2D eigenvalue weighted by molar-refractivity contribution is -0.323. The van der Waals surface area contributed by atoms with Crippen LogP contribution in [0.2, 0.25) is 0 Å². The minimum absolute atomic E-state index is 0.0213. The number of alkyl halides is 3. The molecule has 0 aromatic heterocycles. The smallest absolute Gasteiger partial charge is 0.481 e. The van der Waals surface area contributed by atoms with Crippen LogP contribution in [0.1, 0.15) is 29.9 Å². The predicted molar refractivity (Wildman–Crippen MR) is 114 cm³/mol. The van der Waals surface area contributed by atoms with Crippen LogP contribution in [-0.4, -0.2) is 55.2 Å². The van der Waals surface area contributed by atoms with Crippen molar-refractivity contribution < 1.29 is 42.1 Å². The van der Waals surface area contributed by atoms with Gasteiger partial charge < -0.3 is 20.5 Å². The van der Waals surface area contributed by atoms with Crippen molar-refractivity contribution in [3.63, 3.8) is 0 Å². The highest BCUT2D eigenvalue weighted by atomic mass is 19.4. The highest BCUT2D eigenvalue weighted by molar-refractivity contribution is 5.86. The third kappa shape index (κ3) is 6.70. The van der Waals surface area contributed by atoms with Crippen LogP contribution in [0.5, 0.6) is 0 Å². The van der Waals surface area contributed by atoms with Crippen LogP contribution >= 0.6 is 0 Å². The maximum absolute atomic E-state index is 12.4. The number of nitrogens with one attached hydrogen (secondary N) is 2. The number of aliphatic carboxylic acids is 1. The van der Waals surface area contributed by atoms with Crippen molar-refractivity contribution in [2.24, 2.45) is 0 Å². The van der Waals surface area contributed by atoms with Gasteiger partial charge in [-0.05, 0) is 28.7 Å². The molecule has 0 radical (unpaired) electrons. The summed E-state index contributed by atoms with van der Waals surface area (Å²) in [6.45, 7) is -1.33. The first-order valence-electron chi connectivity index (χ1n) is 10.5. The Morgan fingerprint density at radius 2 is 1.59 bits per heavy atom. The maximum Gasteiger partial charge on any atom is 0.522 e. The van der Waals surface area contributed by atoms with E-state index in [2.05, 4.69) is 15.4 Å². The second-order valence-corrected chi connectivity index (χ2v) is 7.54. The van der Waals surface area contributed by atoms with Gasteiger partial charge in [0.25, 0.3) is 0 Å². The fourth-order valence-electron chi connectivity index (χ4n) is 3.78. The Morgan fingerprint density at radius 1 is 1.00 bits per heavy atom. The van der Waals surface area contributed by atoms with Crippen LogP contribution < -0.4 is 10.6 Å². The largest absolute Gasteiger partial charge is 0.522 e. The van der Waals surface area contributed by atoms with E-state index in [1.165, 1.54) is 0 Å². The van der Waals surface area contributed by atoms with Gasteiger partial charge in [0.1, 0.15) is 12.6 Å². The quantitative estimate of drug-likeness (QED) is 0.449. The molecule has 3 N–H and O–H groups in total. The molecule has 182 valence electrons. The Bertz CT molecular complexity index is 998. The number of fused-ring (bicyclic) bond motifs is 3. The summed E-state index contributed by atoms with van der Waals surface area (Å²) in [5, 5.41) is 13.4. The number of amides is 2. The van der Waals surface area contributed by atoms with E-state index in [0.717, 1.165) is 22.3 Å². The molecule has 0 fully saturated rings. The maximum atomic E-state index is 12.4. The van der Waals surface area contributed by atoms with Gasteiger partial charge >= 0.3 is 18.4 Å². The fraction of sp³-hybridized carbons (Fsp3) is 0.348. The molecule has 1 unspecified atom stereocenters. The summed E-state index contributed by atoms with van der Waals surface area (Å²) in [5.74, 6) is -2.27. The Balaban J connectivity index is 1.59. The number of rotatable bonds is 10. The minimum Gasteiger partial charge on any atom is -0.481 e. The zero-order valence-electron chi connectivity index (χ0n) is 17.9. The van der Waals surface area contributed by atoms with E-state index >= 15 is 0 Å². The van der Waals surface area contributed by atoms with E-state index in [0.29, 0.717) is 0 Å². The number of alkyl carbamates (subject to hydrolysis) is 1. The molecule has 2 aromatic carbocycles. The Hall–Kier alpha value is -3.60. The van der Waals surface area contributed by atoms with E-state index in [-0.39, 0.29) is 18.9 Å². The van der Waals surface area contributed by atoms with Crippen LogP contribution in [0.25, 0.3) is 11.1 Å². The van der Waals surface area contributed by atoms with E-state index < -0.39 is 49.9 Å². The Morgan fingerprint density at radius 3 is 2.15 bits per heavy atom. The Labute approximate surface area is 193 Å². The van der Waals surface area contributed by atoms with Crippen molar-refractivity contribution in [1.29, 1.82) is 0 Å². The number of hydrogen-bond donors (Lipinski definition) is 3. The second kappa shape index (κ2) is 11.0. The summed E-state index contributed by atoms with van der Waals surface area (Å²) >= 11 is 0. The molecule has 0 heterocycles. The first kappa shape index (κ1) is 25.0. The standard InChI is InChI=1S/C23H23F3N2O6/c24-23(25,26)34-12-11-27-21(31)19(9-10-20(29)30)28-22(32)33-13-18-16-7-3-1-5-14(16)15-6-2-4-8-17(15)18/h1-8,18-19H,9-13H2,(H,27,31)(H,28,32)(H,29,30). The fourth-order valence-corrected chi connectivity index (χ4v) is 3.78. The SMILES string of the molecule is O=C(O)CCC(NC(=O)OCC1c2ccccc2-c2ccccc21)C(=O)NCCOC(F)(F)F. The summed E-state index contributed by atoms with van der Waals surface area (Å²) in [6.07, 6.45) is -6.50. The van der Waals surface area contributed by atoms with Crippen molar-refractivity contribution in [2.75, 3.05) is 19.8 Å². The van der Waals surface area contributed by atoms with Crippen LogP contribution in [0.15, 0.2) is 48.5 Å². The second-order valence-electron chi connectivity index (χ2n) is 7.54. The molecule has 2 amide bonds. The average molecular weight is 480 g/mol. The van der Waals surface area contributed by atoms with Crippen molar-refractivity contribution in [3.8, 4) is 11.1 Å². The average Bonchev–Trinajstić information content (AvgIpc) is 3.11. The molecule has 0 bridgehead atoms. The van der Waals surface area contributed by atoms with Crippen LogP contribution in [-0.2, 0) is 19.1 Å². The van der Waals surface area contributed by atoms with Crippen molar-refractivity contribution in [3.05, 3.63) is 59.7 Å². The molecular formula is C23H23F3N2O6. The number of carboxylic acid groups (broad SMARTS) is 1. The highest BCUT2D eigenvalue weighted by Gasteiger charge is 2.31. The summed E-state index contributed by atoms with van der Waals surface area (Å²) in [7, 11) is 0. The van der Waals surface area contributed by atoms with Gasteiger partial charge in [0.05, 0.1) is 6.61 Å². The van der Waals surface area contributed by atoms with E-state index in [1.54, 1.807) is 0 Å². The van der Waals surface area contributed by atoms with E-state index in [1.807, 2.05) is 48.5 Å². The summed E-state index contributed by atoms with van der Waals surface area (Å²) in [5.41, 5.74) is 4.04. The van der Waals surface area contributed by atoms with E-state index in [9.17, 15) is 27.6 Å². The zero-order valence-corrected chi connectivity index (χ0v) is 17.9. The Kier molecular flexibility index (Phi) is 8.11. The van der Waals surface area contributed by atoms with Gasteiger partial charge in [0.15, 0.2) is 0 Å². The summed E-state index contributed by atoms with van der Waals surface area (Å²) in [4.78, 5) is 35.6. The summed E-state index contributed by atoms with van der Waals surface area (Å²) < 4.78 is 45.1. The number of carbonyl (C=O) groups is 3. The van der Waals surface area contributed by atoms with Crippen LogP contribution in [0, 0.1) is 0 Å². The van der Waals surface area contributed by atoms with Crippen LogP contribution in [0.3, 0.4) is 0 Å². The molecule has 0 saturated carbocycles. The number of benzene rings is 2. The van der Waals surface area contributed by atoms with Gasteiger partial charge in [0.2, 0.25) is 5.91 Å². The topological polar surface area (TPSA) is 114 Å². The number of hydrogen-bond acceptors (Lipinski definition) is 5. The van der Waals surface area contributed by atoms with Gasteiger partial charge in [-0.15, -0.1) is 13.2 Å². The van der Waals surface area contributed by atoms with Crippen molar-refractivity contribution in [1.82, 2.24) is 10.6 Å². The molecule has 1 aliphatic rings. The van der Waals surface area contributed by atoms with E-state index in [4.69, 9.17) is 9.84 Å². The predicted octanol–water partition coefficient (Wildman–Crippen LogP) is 3.41. The number of carboxylic acids is 1. The monoisotopic (exact) mass is 480 g/mol.